The number of thiocarbonyl (C=S) groups is 1. The summed E-state index contributed by atoms with van der Waals surface area (Å²) in [6.45, 7) is 2.40. The van der Waals surface area contributed by atoms with Crippen LogP contribution in [0.3, 0.4) is 0 Å². The van der Waals surface area contributed by atoms with Gasteiger partial charge in [-0.15, -0.1) is 0 Å². The molecule has 0 bridgehead atoms. The minimum absolute atomic E-state index is 0.198. The second-order valence-electron chi connectivity index (χ2n) is 6.13. The number of hydrogen-bond donors (Lipinski definition) is 0. The van der Waals surface area contributed by atoms with E-state index in [1.54, 1.807) is 18.2 Å². The Hall–Kier alpha value is -2.54. The normalized spacial score (nSPS) is 15.4. The maximum absolute atomic E-state index is 13.0. The summed E-state index contributed by atoms with van der Waals surface area (Å²) in [4.78, 5) is 15.0. The molecule has 0 spiro atoms. The summed E-state index contributed by atoms with van der Waals surface area (Å²) < 4.78 is 12.0. The lowest BCUT2D eigenvalue weighted by Gasteiger charge is -2.18. The van der Waals surface area contributed by atoms with Crippen molar-refractivity contribution in [2.75, 3.05) is 11.5 Å². The van der Waals surface area contributed by atoms with Crippen molar-refractivity contribution in [1.29, 1.82) is 0 Å². The highest BCUT2D eigenvalue weighted by atomic mass is 35.5. The quantitative estimate of drug-likeness (QED) is 0.338. The Balaban J connectivity index is 1.61. The Kier molecular flexibility index (Phi) is 5.76. The Morgan fingerprint density at radius 1 is 1.14 bits per heavy atom. The number of furan rings is 1. The van der Waals surface area contributed by atoms with E-state index < -0.39 is 0 Å². The lowest BCUT2D eigenvalue weighted by molar-refractivity contribution is -0.113. The summed E-state index contributed by atoms with van der Waals surface area (Å²) in [6.07, 6.45) is 1.71. The van der Waals surface area contributed by atoms with Crippen molar-refractivity contribution in [1.82, 2.24) is 0 Å². The molecule has 29 heavy (non-hydrogen) atoms. The Morgan fingerprint density at radius 2 is 1.90 bits per heavy atom. The summed E-state index contributed by atoms with van der Waals surface area (Å²) in [5, 5.41) is 0.663. The average Bonchev–Trinajstić information content (AvgIpc) is 3.28. The SMILES string of the molecule is CCOc1ccccc1N1C(=O)C(=Cc2ccc(-c3ccc(Cl)cc3)o2)SC1=S. The van der Waals surface area contributed by atoms with Gasteiger partial charge in [-0.05, 0) is 55.5 Å². The molecule has 1 fully saturated rings. The van der Waals surface area contributed by atoms with E-state index in [-0.39, 0.29) is 5.91 Å². The van der Waals surface area contributed by atoms with Crippen LogP contribution in [0.5, 0.6) is 5.75 Å². The fourth-order valence-electron chi connectivity index (χ4n) is 2.92. The van der Waals surface area contributed by atoms with E-state index in [9.17, 15) is 4.79 Å². The predicted molar refractivity (Wildman–Crippen MR) is 122 cm³/mol. The largest absolute Gasteiger partial charge is 0.492 e. The van der Waals surface area contributed by atoms with Gasteiger partial charge < -0.3 is 9.15 Å². The van der Waals surface area contributed by atoms with Gasteiger partial charge in [-0.3, -0.25) is 9.69 Å². The summed E-state index contributed by atoms with van der Waals surface area (Å²) in [7, 11) is 0. The lowest BCUT2D eigenvalue weighted by Crippen LogP contribution is -2.28. The molecule has 0 atom stereocenters. The van der Waals surface area contributed by atoms with E-state index in [0.717, 1.165) is 5.56 Å². The molecule has 4 rings (SSSR count). The number of ether oxygens (including phenoxy) is 1. The first-order chi connectivity index (χ1) is 14.1. The highest BCUT2D eigenvalue weighted by Gasteiger charge is 2.35. The number of nitrogens with zero attached hydrogens (tertiary/aromatic N) is 1. The minimum Gasteiger partial charge on any atom is -0.492 e. The van der Waals surface area contributed by atoms with Gasteiger partial charge in [0.1, 0.15) is 17.3 Å². The molecule has 0 radical (unpaired) electrons. The Bertz CT molecular complexity index is 1110. The number of carbonyl (C=O) groups is 1. The third-order valence-electron chi connectivity index (χ3n) is 4.23. The topological polar surface area (TPSA) is 42.7 Å². The number of anilines is 1. The van der Waals surface area contributed by atoms with E-state index in [0.29, 0.717) is 43.8 Å². The number of carbonyl (C=O) groups excluding carboxylic acids is 1. The smallest absolute Gasteiger partial charge is 0.271 e. The van der Waals surface area contributed by atoms with Crippen LogP contribution >= 0.6 is 35.6 Å². The number of thioether (sulfide) groups is 1. The van der Waals surface area contributed by atoms with Gasteiger partial charge in [-0.25, -0.2) is 0 Å². The zero-order valence-electron chi connectivity index (χ0n) is 15.4. The first kappa shape index (κ1) is 19.8. The molecule has 2 aromatic carbocycles. The number of amides is 1. The van der Waals surface area contributed by atoms with Gasteiger partial charge in [0.15, 0.2) is 4.32 Å². The third-order valence-corrected chi connectivity index (χ3v) is 5.78. The van der Waals surface area contributed by atoms with Crippen LogP contribution in [-0.2, 0) is 4.79 Å². The molecule has 146 valence electrons. The molecule has 1 amide bonds. The number of halogens is 1. The second-order valence-corrected chi connectivity index (χ2v) is 8.24. The maximum Gasteiger partial charge on any atom is 0.271 e. The molecule has 4 nitrogen and oxygen atoms in total. The van der Waals surface area contributed by atoms with E-state index in [1.165, 1.54) is 16.7 Å². The maximum atomic E-state index is 13.0. The first-order valence-electron chi connectivity index (χ1n) is 8.92. The van der Waals surface area contributed by atoms with Crippen molar-refractivity contribution in [3.8, 4) is 17.1 Å². The van der Waals surface area contributed by atoms with Crippen LogP contribution in [0.1, 0.15) is 12.7 Å². The van der Waals surface area contributed by atoms with E-state index in [1.807, 2.05) is 55.5 Å². The molecular weight excluding hydrogens is 426 g/mol. The number of rotatable bonds is 5. The van der Waals surface area contributed by atoms with Crippen molar-refractivity contribution < 1.29 is 13.9 Å². The van der Waals surface area contributed by atoms with Gasteiger partial charge >= 0.3 is 0 Å². The molecule has 1 saturated heterocycles. The summed E-state index contributed by atoms with van der Waals surface area (Å²) in [5.41, 5.74) is 1.55. The van der Waals surface area contributed by atoms with Crippen molar-refractivity contribution in [3.63, 3.8) is 0 Å². The fraction of sp³-hybridized carbons (Fsp3) is 0.0909. The number of hydrogen-bond acceptors (Lipinski definition) is 5. The molecular formula is C22H16ClNO3S2. The van der Waals surface area contributed by atoms with Gasteiger partial charge in [-0.2, -0.15) is 0 Å². The van der Waals surface area contributed by atoms with Gasteiger partial charge in [0.2, 0.25) is 0 Å². The summed E-state index contributed by atoms with van der Waals surface area (Å²) >= 11 is 12.6. The number of benzene rings is 2. The van der Waals surface area contributed by atoms with Gasteiger partial charge in [0.25, 0.3) is 5.91 Å². The van der Waals surface area contributed by atoms with Gasteiger partial charge in [0, 0.05) is 16.7 Å². The van der Waals surface area contributed by atoms with E-state index in [2.05, 4.69) is 0 Å². The molecule has 1 aromatic heterocycles. The monoisotopic (exact) mass is 441 g/mol. The van der Waals surface area contributed by atoms with E-state index in [4.69, 9.17) is 33.0 Å². The molecule has 1 aliphatic heterocycles. The third kappa shape index (κ3) is 4.10. The van der Waals surface area contributed by atoms with Crippen LogP contribution in [0.2, 0.25) is 5.02 Å². The van der Waals surface area contributed by atoms with Crippen molar-refractivity contribution in [3.05, 3.63) is 76.4 Å². The second kappa shape index (κ2) is 8.45. The minimum atomic E-state index is -0.198. The highest BCUT2D eigenvalue weighted by Crippen LogP contribution is 2.40. The van der Waals surface area contributed by atoms with Crippen LogP contribution < -0.4 is 9.64 Å². The Morgan fingerprint density at radius 3 is 2.66 bits per heavy atom. The first-order valence-corrected chi connectivity index (χ1v) is 10.5. The van der Waals surface area contributed by atoms with Gasteiger partial charge in [-0.1, -0.05) is 47.7 Å². The zero-order valence-corrected chi connectivity index (χ0v) is 17.8. The zero-order chi connectivity index (χ0) is 20.4. The molecule has 0 aliphatic carbocycles. The molecule has 7 heteroatoms. The molecule has 2 heterocycles. The van der Waals surface area contributed by atoms with Crippen molar-refractivity contribution in [2.24, 2.45) is 0 Å². The summed E-state index contributed by atoms with van der Waals surface area (Å²) in [6, 6.07) is 18.4. The van der Waals surface area contributed by atoms with Crippen LogP contribution in [0.25, 0.3) is 17.4 Å². The molecule has 1 aliphatic rings. The fourth-order valence-corrected chi connectivity index (χ4v) is 4.31. The standard InChI is InChI=1S/C22H16ClNO3S2/c1-2-26-19-6-4-3-5-17(19)24-21(25)20(29-22(24)28)13-16-11-12-18(27-16)14-7-9-15(23)10-8-14/h3-13H,2H2,1H3. The van der Waals surface area contributed by atoms with Crippen LogP contribution in [0.4, 0.5) is 5.69 Å². The highest BCUT2D eigenvalue weighted by molar-refractivity contribution is 8.27. The Labute approximate surface area is 183 Å². The molecule has 0 saturated carbocycles. The lowest BCUT2D eigenvalue weighted by atomic mass is 10.2. The summed E-state index contributed by atoms with van der Waals surface area (Å²) in [5.74, 6) is 1.70. The van der Waals surface area contributed by atoms with Crippen LogP contribution in [0, 0.1) is 0 Å². The van der Waals surface area contributed by atoms with Crippen molar-refractivity contribution >= 4 is 57.6 Å². The molecule has 3 aromatic rings. The van der Waals surface area contributed by atoms with Crippen LogP contribution in [-0.4, -0.2) is 16.8 Å². The van der Waals surface area contributed by atoms with E-state index >= 15 is 0 Å². The van der Waals surface area contributed by atoms with Crippen molar-refractivity contribution in [2.45, 2.75) is 6.92 Å². The van der Waals surface area contributed by atoms with Crippen LogP contribution in [0.15, 0.2) is 70.0 Å². The van der Waals surface area contributed by atoms with Gasteiger partial charge in [0.05, 0.1) is 17.2 Å². The predicted octanol–water partition coefficient (Wildman–Crippen LogP) is 6.40. The number of para-hydroxylation sites is 2. The molecule has 0 N–H and O–H groups in total. The average molecular weight is 442 g/mol. The molecule has 0 unspecified atom stereocenters.